The summed E-state index contributed by atoms with van der Waals surface area (Å²) in [4.78, 5) is 3.93. The van der Waals surface area contributed by atoms with Crippen molar-refractivity contribution in [2.24, 2.45) is 5.73 Å². The van der Waals surface area contributed by atoms with Crippen LogP contribution in [-0.4, -0.2) is 17.5 Å². The summed E-state index contributed by atoms with van der Waals surface area (Å²) in [5.41, 5.74) is 8.43. The molecule has 0 amide bonds. The summed E-state index contributed by atoms with van der Waals surface area (Å²) in [6.45, 7) is 9.42. The van der Waals surface area contributed by atoms with Gasteiger partial charge >= 0.3 is 0 Å². The minimum Gasteiger partial charge on any atom is -0.330 e. The van der Waals surface area contributed by atoms with E-state index in [1.807, 2.05) is 11.3 Å². The van der Waals surface area contributed by atoms with Gasteiger partial charge in [-0.3, -0.25) is 4.90 Å². The summed E-state index contributed by atoms with van der Waals surface area (Å²) in [5, 5.41) is 2.15. The number of benzene rings is 1. The predicted molar refractivity (Wildman–Crippen MR) is 92.6 cm³/mol. The minimum atomic E-state index is 0.436. The van der Waals surface area contributed by atoms with Gasteiger partial charge in [-0.25, -0.2) is 0 Å². The summed E-state index contributed by atoms with van der Waals surface area (Å²) >= 11 is 1.83. The van der Waals surface area contributed by atoms with Gasteiger partial charge in [-0.2, -0.15) is 0 Å². The fourth-order valence-corrected chi connectivity index (χ4v) is 3.08. The molecule has 2 rings (SSSR count). The Morgan fingerprint density at radius 3 is 2.29 bits per heavy atom. The van der Waals surface area contributed by atoms with Crippen molar-refractivity contribution in [3.63, 3.8) is 0 Å². The highest BCUT2D eigenvalue weighted by Crippen LogP contribution is 2.19. The van der Waals surface area contributed by atoms with Crippen molar-refractivity contribution >= 4 is 11.3 Å². The molecule has 0 saturated carbocycles. The Hall–Kier alpha value is -1.16. The first-order valence-electron chi connectivity index (χ1n) is 7.65. The number of nitrogens with zero attached hydrogens (tertiary/aromatic N) is 1. The van der Waals surface area contributed by atoms with Gasteiger partial charge in [0.2, 0.25) is 0 Å². The molecule has 2 N–H and O–H groups in total. The molecular weight excluding hydrogens is 276 g/mol. The smallest absolute Gasteiger partial charge is 0.0334 e. The SMILES string of the molecule is CC(CN)c1ccc(CN(Cc2cccs2)C(C)C)cc1. The molecule has 0 aliphatic rings. The van der Waals surface area contributed by atoms with Crippen LogP contribution in [0.1, 0.15) is 42.7 Å². The molecule has 0 radical (unpaired) electrons. The third kappa shape index (κ3) is 4.67. The second-order valence-corrected chi connectivity index (χ2v) is 6.99. The largest absolute Gasteiger partial charge is 0.330 e. The molecule has 0 spiro atoms. The lowest BCUT2D eigenvalue weighted by atomic mass is 10.00. The second-order valence-electron chi connectivity index (χ2n) is 5.96. The lowest BCUT2D eigenvalue weighted by Gasteiger charge is -2.26. The summed E-state index contributed by atoms with van der Waals surface area (Å²) in [5.74, 6) is 0.436. The van der Waals surface area contributed by atoms with E-state index in [2.05, 4.69) is 67.4 Å². The molecule has 3 heteroatoms. The molecule has 1 aromatic carbocycles. The van der Waals surface area contributed by atoms with Crippen LogP contribution in [0, 0.1) is 0 Å². The quantitative estimate of drug-likeness (QED) is 0.829. The third-order valence-electron chi connectivity index (χ3n) is 3.96. The molecule has 2 nitrogen and oxygen atoms in total. The third-order valence-corrected chi connectivity index (χ3v) is 4.82. The van der Waals surface area contributed by atoms with E-state index in [4.69, 9.17) is 5.73 Å². The fraction of sp³-hybridized carbons (Fsp3) is 0.444. The molecule has 114 valence electrons. The van der Waals surface area contributed by atoms with E-state index >= 15 is 0 Å². The van der Waals surface area contributed by atoms with E-state index in [9.17, 15) is 0 Å². The maximum Gasteiger partial charge on any atom is 0.0334 e. The maximum atomic E-state index is 5.73. The van der Waals surface area contributed by atoms with E-state index in [1.54, 1.807) is 0 Å². The average molecular weight is 302 g/mol. The summed E-state index contributed by atoms with van der Waals surface area (Å²) in [6.07, 6.45) is 0. The van der Waals surface area contributed by atoms with Crippen molar-refractivity contribution in [3.8, 4) is 0 Å². The Morgan fingerprint density at radius 2 is 1.76 bits per heavy atom. The number of hydrogen-bond acceptors (Lipinski definition) is 3. The molecule has 1 aromatic heterocycles. The van der Waals surface area contributed by atoms with Crippen molar-refractivity contribution in [1.82, 2.24) is 4.90 Å². The molecule has 0 saturated heterocycles. The van der Waals surface area contributed by atoms with Crippen LogP contribution >= 0.6 is 11.3 Å². The Kier molecular flexibility index (Phi) is 5.97. The fourth-order valence-electron chi connectivity index (χ4n) is 2.35. The summed E-state index contributed by atoms with van der Waals surface area (Å²) in [6, 6.07) is 13.8. The number of nitrogens with two attached hydrogens (primary N) is 1. The van der Waals surface area contributed by atoms with Crippen molar-refractivity contribution in [1.29, 1.82) is 0 Å². The van der Waals surface area contributed by atoms with Crippen LogP contribution in [-0.2, 0) is 13.1 Å². The molecular formula is C18H26N2S. The van der Waals surface area contributed by atoms with Gasteiger partial charge in [-0.05, 0) is 48.9 Å². The molecule has 21 heavy (non-hydrogen) atoms. The zero-order valence-electron chi connectivity index (χ0n) is 13.3. The van der Waals surface area contributed by atoms with E-state index in [0.29, 0.717) is 18.5 Å². The van der Waals surface area contributed by atoms with Crippen LogP contribution in [0.2, 0.25) is 0 Å². The van der Waals surface area contributed by atoms with Crippen LogP contribution in [0.4, 0.5) is 0 Å². The van der Waals surface area contributed by atoms with Crippen LogP contribution in [0.25, 0.3) is 0 Å². The first-order chi connectivity index (χ1) is 10.1. The van der Waals surface area contributed by atoms with Gasteiger partial charge in [-0.1, -0.05) is 37.3 Å². The van der Waals surface area contributed by atoms with E-state index in [1.165, 1.54) is 16.0 Å². The zero-order chi connectivity index (χ0) is 15.2. The summed E-state index contributed by atoms with van der Waals surface area (Å²) < 4.78 is 0. The summed E-state index contributed by atoms with van der Waals surface area (Å²) in [7, 11) is 0. The first kappa shape index (κ1) is 16.2. The van der Waals surface area contributed by atoms with Gasteiger partial charge in [0.25, 0.3) is 0 Å². The van der Waals surface area contributed by atoms with Crippen molar-refractivity contribution in [2.75, 3.05) is 6.54 Å². The second kappa shape index (κ2) is 7.74. The number of rotatable bonds is 7. The molecule has 0 fully saturated rings. The topological polar surface area (TPSA) is 29.3 Å². The molecule has 0 bridgehead atoms. The van der Waals surface area contributed by atoms with Crippen LogP contribution in [0.3, 0.4) is 0 Å². The molecule has 1 unspecified atom stereocenters. The Morgan fingerprint density at radius 1 is 1.05 bits per heavy atom. The molecule has 1 heterocycles. The average Bonchev–Trinajstić information content (AvgIpc) is 2.99. The van der Waals surface area contributed by atoms with Gasteiger partial charge in [-0.15, -0.1) is 11.3 Å². The van der Waals surface area contributed by atoms with E-state index < -0.39 is 0 Å². The zero-order valence-corrected chi connectivity index (χ0v) is 14.1. The predicted octanol–water partition coefficient (Wildman–Crippen LogP) is 4.22. The lowest BCUT2D eigenvalue weighted by molar-refractivity contribution is 0.205. The van der Waals surface area contributed by atoms with Gasteiger partial charge in [0.05, 0.1) is 0 Å². The Labute approximate surface area is 132 Å². The molecule has 0 aliphatic carbocycles. The van der Waals surface area contributed by atoms with Gasteiger partial charge in [0, 0.05) is 24.0 Å². The van der Waals surface area contributed by atoms with Gasteiger partial charge in [0.15, 0.2) is 0 Å². The number of hydrogen-bond donors (Lipinski definition) is 1. The monoisotopic (exact) mass is 302 g/mol. The molecule has 1 atom stereocenters. The number of thiophene rings is 1. The van der Waals surface area contributed by atoms with Gasteiger partial charge < -0.3 is 5.73 Å². The van der Waals surface area contributed by atoms with Crippen LogP contribution in [0.5, 0.6) is 0 Å². The normalized spacial score (nSPS) is 13.0. The molecule has 2 aromatic rings. The van der Waals surface area contributed by atoms with Gasteiger partial charge in [0.1, 0.15) is 0 Å². The van der Waals surface area contributed by atoms with Crippen molar-refractivity contribution < 1.29 is 0 Å². The maximum absolute atomic E-state index is 5.73. The Bertz CT molecular complexity index is 517. The first-order valence-corrected chi connectivity index (χ1v) is 8.53. The Balaban J connectivity index is 2.03. The highest BCUT2D eigenvalue weighted by atomic mass is 32.1. The minimum absolute atomic E-state index is 0.436. The van der Waals surface area contributed by atoms with Crippen LogP contribution in [0.15, 0.2) is 41.8 Å². The van der Waals surface area contributed by atoms with Crippen LogP contribution < -0.4 is 5.73 Å². The van der Waals surface area contributed by atoms with Crippen molar-refractivity contribution in [3.05, 3.63) is 57.8 Å². The lowest BCUT2D eigenvalue weighted by Crippen LogP contribution is -2.29. The van der Waals surface area contributed by atoms with Crippen molar-refractivity contribution in [2.45, 2.75) is 45.8 Å². The highest BCUT2D eigenvalue weighted by Gasteiger charge is 2.12. The highest BCUT2D eigenvalue weighted by molar-refractivity contribution is 7.09. The van der Waals surface area contributed by atoms with E-state index in [0.717, 1.165) is 13.1 Å². The molecule has 0 aliphatic heterocycles. The van der Waals surface area contributed by atoms with E-state index in [-0.39, 0.29) is 0 Å². The standard InChI is InChI=1S/C18H26N2S/c1-14(2)20(13-18-5-4-10-21-18)12-16-6-8-17(9-7-16)15(3)11-19/h4-10,14-15H,11-13,19H2,1-3H3.